The number of aliphatic imine (C=N–C) groups is 1. The molecule has 2 heterocycles. The maximum atomic E-state index is 5.38. The Morgan fingerprint density at radius 1 is 1.04 bits per heavy atom. The first-order valence-electron chi connectivity index (χ1n) is 9.28. The van der Waals surface area contributed by atoms with Crippen molar-refractivity contribution in [2.24, 2.45) is 10.9 Å². The smallest absolute Gasteiger partial charge is 0.191 e. The molecule has 0 aliphatic carbocycles. The fraction of sp³-hybridized carbons (Fsp3) is 0.941. The van der Waals surface area contributed by atoms with Gasteiger partial charge in [-0.25, -0.2) is 0 Å². The lowest BCUT2D eigenvalue weighted by molar-refractivity contribution is 0.0389. The highest BCUT2D eigenvalue weighted by molar-refractivity contribution is 14.0. The van der Waals surface area contributed by atoms with Crippen molar-refractivity contribution in [1.82, 2.24) is 20.4 Å². The predicted molar refractivity (Wildman–Crippen MR) is 111 cm³/mol. The van der Waals surface area contributed by atoms with Gasteiger partial charge in [0.15, 0.2) is 5.96 Å². The highest BCUT2D eigenvalue weighted by atomic mass is 127. The number of halogens is 1. The molecule has 0 unspecified atom stereocenters. The van der Waals surface area contributed by atoms with E-state index in [0.717, 1.165) is 57.8 Å². The van der Waals surface area contributed by atoms with E-state index in [1.807, 2.05) is 7.05 Å². The molecule has 2 aliphatic rings. The highest BCUT2D eigenvalue weighted by Gasteiger charge is 2.18. The van der Waals surface area contributed by atoms with Gasteiger partial charge in [-0.2, -0.15) is 0 Å². The summed E-state index contributed by atoms with van der Waals surface area (Å²) in [5, 5.41) is 6.93. The van der Waals surface area contributed by atoms with Crippen molar-refractivity contribution in [2.75, 3.05) is 72.6 Å². The number of ether oxygens (including phenoxy) is 1. The Hall–Kier alpha value is -0.120. The predicted octanol–water partition coefficient (Wildman–Crippen LogP) is 1.22. The first-order chi connectivity index (χ1) is 11.3. The van der Waals surface area contributed by atoms with E-state index in [1.54, 1.807) is 0 Å². The minimum atomic E-state index is 0. The van der Waals surface area contributed by atoms with E-state index >= 15 is 0 Å². The number of rotatable bonds is 7. The summed E-state index contributed by atoms with van der Waals surface area (Å²) in [6.07, 6.45) is 3.87. The van der Waals surface area contributed by atoms with Crippen LogP contribution in [0, 0.1) is 5.92 Å². The monoisotopic (exact) mass is 453 g/mol. The summed E-state index contributed by atoms with van der Waals surface area (Å²) in [4.78, 5) is 9.37. The highest BCUT2D eigenvalue weighted by Crippen LogP contribution is 2.16. The third kappa shape index (κ3) is 8.31. The molecule has 2 rings (SSSR count). The Labute approximate surface area is 164 Å². The average Bonchev–Trinajstić information content (AvgIpc) is 2.60. The van der Waals surface area contributed by atoms with Gasteiger partial charge in [-0.05, 0) is 44.8 Å². The fourth-order valence-electron chi connectivity index (χ4n) is 3.35. The number of nitrogens with one attached hydrogen (secondary N) is 2. The molecule has 2 N–H and O–H groups in total. The van der Waals surface area contributed by atoms with Crippen LogP contribution >= 0.6 is 24.0 Å². The van der Waals surface area contributed by atoms with Gasteiger partial charge < -0.3 is 20.3 Å². The van der Waals surface area contributed by atoms with Crippen molar-refractivity contribution < 1.29 is 4.74 Å². The lowest BCUT2D eigenvalue weighted by Gasteiger charge is -2.32. The summed E-state index contributed by atoms with van der Waals surface area (Å²) < 4.78 is 5.38. The maximum absolute atomic E-state index is 5.38. The molecule has 0 spiro atoms. The zero-order chi connectivity index (χ0) is 16.3. The van der Waals surface area contributed by atoms with Crippen molar-refractivity contribution in [3.63, 3.8) is 0 Å². The lowest BCUT2D eigenvalue weighted by atomic mass is 9.97. The molecular formula is C17H36IN5O. The average molecular weight is 453 g/mol. The Balaban J connectivity index is 0.00000288. The van der Waals surface area contributed by atoms with E-state index in [4.69, 9.17) is 4.74 Å². The number of likely N-dealkylation sites (tertiary alicyclic amines) is 1. The molecule has 6 nitrogen and oxygen atoms in total. The van der Waals surface area contributed by atoms with Gasteiger partial charge in [-0.15, -0.1) is 24.0 Å². The molecule has 7 heteroatoms. The summed E-state index contributed by atoms with van der Waals surface area (Å²) in [6, 6.07) is 0. The SMILES string of the molecule is CCCN1CCC(CNC(=NC)NCCN2CCOCC2)CC1.I. The largest absolute Gasteiger partial charge is 0.379 e. The molecule has 2 fully saturated rings. The molecule has 24 heavy (non-hydrogen) atoms. The standard InChI is InChI=1S/C17H35N5O.HI/c1-3-7-21-8-4-16(5-9-21)15-20-17(18-2)19-6-10-22-11-13-23-14-12-22;/h16H,3-15H2,1-2H3,(H2,18,19,20);1H. The van der Waals surface area contributed by atoms with Crippen LogP contribution in [0.2, 0.25) is 0 Å². The Morgan fingerprint density at radius 2 is 1.71 bits per heavy atom. The van der Waals surface area contributed by atoms with Gasteiger partial charge in [-0.3, -0.25) is 9.89 Å². The summed E-state index contributed by atoms with van der Waals surface area (Å²) in [5.41, 5.74) is 0. The number of hydrogen-bond acceptors (Lipinski definition) is 4. The van der Waals surface area contributed by atoms with Crippen molar-refractivity contribution in [2.45, 2.75) is 26.2 Å². The van der Waals surface area contributed by atoms with Gasteiger partial charge in [0.05, 0.1) is 13.2 Å². The zero-order valence-corrected chi connectivity index (χ0v) is 17.8. The molecule has 0 saturated carbocycles. The Kier molecular flexibility index (Phi) is 12.0. The first kappa shape index (κ1) is 21.9. The van der Waals surface area contributed by atoms with Crippen LogP contribution in [0.4, 0.5) is 0 Å². The van der Waals surface area contributed by atoms with Crippen LogP contribution in [0.5, 0.6) is 0 Å². The zero-order valence-electron chi connectivity index (χ0n) is 15.4. The number of piperidine rings is 1. The van der Waals surface area contributed by atoms with Crippen molar-refractivity contribution in [3.05, 3.63) is 0 Å². The van der Waals surface area contributed by atoms with Crippen LogP contribution in [-0.2, 0) is 4.74 Å². The van der Waals surface area contributed by atoms with Crippen LogP contribution in [0.25, 0.3) is 0 Å². The first-order valence-corrected chi connectivity index (χ1v) is 9.28. The lowest BCUT2D eigenvalue weighted by Crippen LogP contribution is -2.46. The molecular weight excluding hydrogens is 417 g/mol. The van der Waals surface area contributed by atoms with Gasteiger partial charge >= 0.3 is 0 Å². The maximum Gasteiger partial charge on any atom is 0.191 e. The minimum Gasteiger partial charge on any atom is -0.379 e. The second-order valence-electron chi connectivity index (χ2n) is 6.62. The van der Waals surface area contributed by atoms with Crippen molar-refractivity contribution >= 4 is 29.9 Å². The van der Waals surface area contributed by atoms with Crippen LogP contribution in [0.1, 0.15) is 26.2 Å². The molecule has 0 aromatic heterocycles. The second kappa shape index (κ2) is 13.1. The van der Waals surface area contributed by atoms with Gasteiger partial charge in [0.2, 0.25) is 0 Å². The van der Waals surface area contributed by atoms with E-state index in [9.17, 15) is 0 Å². The molecule has 0 aromatic rings. The minimum absolute atomic E-state index is 0. The number of hydrogen-bond donors (Lipinski definition) is 2. The fourth-order valence-corrected chi connectivity index (χ4v) is 3.35. The Morgan fingerprint density at radius 3 is 2.33 bits per heavy atom. The summed E-state index contributed by atoms with van der Waals surface area (Å²) in [5.74, 6) is 1.72. The van der Waals surface area contributed by atoms with Gasteiger partial charge in [0.25, 0.3) is 0 Å². The molecule has 0 amide bonds. The summed E-state index contributed by atoms with van der Waals surface area (Å²) >= 11 is 0. The number of nitrogens with zero attached hydrogens (tertiary/aromatic N) is 3. The van der Waals surface area contributed by atoms with Crippen LogP contribution in [-0.4, -0.2) is 88.4 Å². The van der Waals surface area contributed by atoms with Crippen molar-refractivity contribution in [3.8, 4) is 0 Å². The van der Waals surface area contributed by atoms with E-state index in [0.29, 0.717) is 0 Å². The van der Waals surface area contributed by atoms with Gasteiger partial charge in [0.1, 0.15) is 0 Å². The number of morpholine rings is 1. The van der Waals surface area contributed by atoms with E-state index in [1.165, 1.54) is 38.9 Å². The van der Waals surface area contributed by atoms with Crippen LogP contribution in [0.3, 0.4) is 0 Å². The van der Waals surface area contributed by atoms with E-state index in [-0.39, 0.29) is 24.0 Å². The Bertz CT molecular complexity index is 342. The summed E-state index contributed by atoms with van der Waals surface area (Å²) in [7, 11) is 1.86. The molecule has 2 saturated heterocycles. The van der Waals surface area contributed by atoms with Gasteiger partial charge in [-0.1, -0.05) is 6.92 Å². The summed E-state index contributed by atoms with van der Waals surface area (Å²) in [6.45, 7) is 12.9. The molecule has 2 aliphatic heterocycles. The normalized spacial score (nSPS) is 21.3. The second-order valence-corrected chi connectivity index (χ2v) is 6.62. The number of guanidine groups is 1. The quantitative estimate of drug-likeness (QED) is 0.345. The molecule has 142 valence electrons. The van der Waals surface area contributed by atoms with Crippen molar-refractivity contribution in [1.29, 1.82) is 0 Å². The van der Waals surface area contributed by atoms with Crippen LogP contribution in [0.15, 0.2) is 4.99 Å². The van der Waals surface area contributed by atoms with E-state index < -0.39 is 0 Å². The van der Waals surface area contributed by atoms with Crippen LogP contribution < -0.4 is 10.6 Å². The third-order valence-corrected chi connectivity index (χ3v) is 4.85. The molecule has 0 radical (unpaired) electrons. The molecule has 0 bridgehead atoms. The van der Waals surface area contributed by atoms with Gasteiger partial charge in [0, 0.05) is 39.8 Å². The topological polar surface area (TPSA) is 52.1 Å². The third-order valence-electron chi connectivity index (χ3n) is 4.85. The molecule has 0 atom stereocenters. The molecule has 0 aromatic carbocycles. The van der Waals surface area contributed by atoms with E-state index in [2.05, 4.69) is 32.3 Å².